The normalized spacial score (nSPS) is 13.2. The van der Waals surface area contributed by atoms with Gasteiger partial charge in [0.25, 0.3) is 5.82 Å². The van der Waals surface area contributed by atoms with Crippen molar-refractivity contribution in [2.24, 2.45) is 0 Å². The van der Waals surface area contributed by atoms with Crippen LogP contribution in [0.3, 0.4) is 0 Å². The maximum Gasteiger partial charge on any atom is 0.257 e. The minimum Gasteiger partial charge on any atom is -0.247 e. The van der Waals surface area contributed by atoms with E-state index in [1.54, 1.807) is 0 Å². The van der Waals surface area contributed by atoms with Gasteiger partial charge >= 0.3 is 0 Å². The number of aromatic amines is 1. The van der Waals surface area contributed by atoms with Gasteiger partial charge in [0.05, 0.1) is 12.0 Å². The lowest BCUT2D eigenvalue weighted by Crippen LogP contribution is -2.41. The van der Waals surface area contributed by atoms with Crippen molar-refractivity contribution in [3.05, 3.63) is 18.2 Å². The van der Waals surface area contributed by atoms with Crippen LogP contribution in [0.15, 0.2) is 12.4 Å². The van der Waals surface area contributed by atoms with Crippen LogP contribution in [0.5, 0.6) is 0 Å². The molecule has 1 aromatic heterocycles. The van der Waals surface area contributed by atoms with E-state index in [0.29, 0.717) is 12.0 Å². The highest BCUT2D eigenvalue weighted by Gasteiger charge is 2.25. The minimum absolute atomic E-state index is 0.621. The van der Waals surface area contributed by atoms with Gasteiger partial charge in [-0.05, 0) is 32.6 Å². The molecule has 1 N–H and O–H groups in total. The molecule has 0 aromatic carbocycles. The Morgan fingerprint density at radius 1 is 0.487 bits per heavy atom. The van der Waals surface area contributed by atoms with Gasteiger partial charge < -0.3 is 0 Å². The molecule has 1 rings (SSSR count). The third-order valence-electron chi connectivity index (χ3n) is 9.14. The summed E-state index contributed by atoms with van der Waals surface area (Å²) in [7, 11) is 0. The first-order chi connectivity index (χ1) is 19.2. The van der Waals surface area contributed by atoms with Crippen LogP contribution in [0.2, 0.25) is 0 Å². The Bertz CT molecular complexity index is 606. The second kappa shape index (κ2) is 27.4. The first-order valence-electron chi connectivity index (χ1n) is 18.3. The zero-order chi connectivity index (χ0) is 28.2. The van der Waals surface area contributed by atoms with Crippen molar-refractivity contribution in [2.75, 3.05) is 0 Å². The molecule has 0 bridgehead atoms. The monoisotopic (exact) mass is 546 g/mol. The first-order valence-corrected chi connectivity index (χ1v) is 18.3. The molecule has 1 aromatic rings. The second-order valence-corrected chi connectivity index (χ2v) is 12.9. The lowest BCUT2D eigenvalue weighted by Gasteiger charge is -2.17. The van der Waals surface area contributed by atoms with Crippen molar-refractivity contribution >= 4 is 0 Å². The second-order valence-electron chi connectivity index (χ2n) is 12.9. The molecule has 230 valence electrons. The molecular formula is C37H73N2+. The van der Waals surface area contributed by atoms with Crippen molar-refractivity contribution in [2.45, 2.75) is 219 Å². The molecule has 2 heteroatoms. The molecule has 0 aliphatic heterocycles. The predicted molar refractivity (Wildman–Crippen MR) is 175 cm³/mol. The Kier molecular flexibility index (Phi) is 25.4. The number of nitrogens with one attached hydrogen (secondary N) is 1. The summed E-state index contributed by atoms with van der Waals surface area (Å²) < 4.78 is 2.62. The van der Waals surface area contributed by atoms with Crippen molar-refractivity contribution < 1.29 is 4.57 Å². The third-order valence-corrected chi connectivity index (χ3v) is 9.14. The summed E-state index contributed by atoms with van der Waals surface area (Å²) in [6.07, 6.45) is 44.2. The van der Waals surface area contributed by atoms with E-state index in [-0.39, 0.29) is 0 Å². The number of hydrogen-bond donors (Lipinski definition) is 1. The Hall–Kier alpha value is -0.790. The molecule has 2 unspecified atom stereocenters. The Balaban J connectivity index is 2.44. The summed E-state index contributed by atoms with van der Waals surface area (Å²) in [5, 5.41) is 0. The molecule has 0 spiro atoms. The van der Waals surface area contributed by atoms with Crippen LogP contribution in [0.4, 0.5) is 0 Å². The topological polar surface area (TPSA) is 19.7 Å². The molecule has 2 nitrogen and oxygen atoms in total. The number of rotatable bonds is 30. The van der Waals surface area contributed by atoms with E-state index in [2.05, 4.69) is 49.6 Å². The number of nitrogens with zero attached hydrogens (tertiary/aromatic N) is 1. The Morgan fingerprint density at radius 3 is 1.21 bits per heavy atom. The smallest absolute Gasteiger partial charge is 0.247 e. The van der Waals surface area contributed by atoms with Crippen LogP contribution >= 0.6 is 0 Å². The number of H-pyrrole nitrogens is 1. The molecule has 0 fully saturated rings. The maximum atomic E-state index is 3.73. The molecule has 0 saturated heterocycles. The standard InChI is InChI=1S/C37H72N2/c1-5-8-11-14-16-18-19-21-23-26-29-32-36(31-28-25-22-20-17-15-12-9-6-2)37-38-33-34-39(37)35(4)30-27-24-13-10-7-3/h33-36H,5-32H2,1-4H3/p+1. The van der Waals surface area contributed by atoms with Crippen LogP contribution in [0, 0.1) is 0 Å². The number of aromatic nitrogens is 2. The van der Waals surface area contributed by atoms with Crippen LogP contribution in [-0.2, 0) is 0 Å². The van der Waals surface area contributed by atoms with Gasteiger partial charge in [0.2, 0.25) is 0 Å². The SMILES string of the molecule is CCCCCCCCCCCCCC(CCCCCCCCCCC)c1[nH]cc[n+]1C(C)CCCCCCC. The van der Waals surface area contributed by atoms with Gasteiger partial charge in [0.1, 0.15) is 12.4 Å². The lowest BCUT2D eigenvalue weighted by atomic mass is 9.92. The van der Waals surface area contributed by atoms with Crippen molar-refractivity contribution in [3.63, 3.8) is 0 Å². The molecule has 0 radical (unpaired) electrons. The van der Waals surface area contributed by atoms with Crippen LogP contribution in [0.25, 0.3) is 0 Å². The molecule has 0 amide bonds. The van der Waals surface area contributed by atoms with E-state index in [1.165, 1.54) is 186 Å². The Morgan fingerprint density at radius 2 is 0.821 bits per heavy atom. The molecule has 2 atom stereocenters. The molecule has 39 heavy (non-hydrogen) atoms. The molecule has 1 heterocycles. The summed E-state index contributed by atoms with van der Waals surface area (Å²) in [5.74, 6) is 2.24. The van der Waals surface area contributed by atoms with E-state index in [4.69, 9.17) is 0 Å². The molecule has 0 aliphatic rings. The fraction of sp³-hybridized carbons (Fsp3) is 0.919. The number of unbranched alkanes of at least 4 members (excludes halogenated alkanes) is 22. The third kappa shape index (κ3) is 19.8. The first kappa shape index (κ1) is 36.2. The Labute approximate surface area is 246 Å². The van der Waals surface area contributed by atoms with Gasteiger partial charge in [-0.25, -0.2) is 9.55 Å². The maximum absolute atomic E-state index is 3.73. The quantitative estimate of drug-likeness (QED) is 0.0732. The van der Waals surface area contributed by atoms with Gasteiger partial charge in [-0.3, -0.25) is 0 Å². The summed E-state index contributed by atoms with van der Waals surface area (Å²) >= 11 is 0. The predicted octanol–water partition coefficient (Wildman–Crippen LogP) is 12.9. The minimum atomic E-state index is 0.621. The fourth-order valence-corrected chi connectivity index (χ4v) is 6.43. The van der Waals surface area contributed by atoms with E-state index >= 15 is 0 Å². The zero-order valence-electron chi connectivity index (χ0n) is 27.6. The lowest BCUT2D eigenvalue weighted by molar-refractivity contribution is -0.727. The van der Waals surface area contributed by atoms with Gasteiger partial charge in [-0.1, -0.05) is 175 Å². The van der Waals surface area contributed by atoms with E-state index in [9.17, 15) is 0 Å². The number of hydrogen-bond acceptors (Lipinski definition) is 0. The van der Waals surface area contributed by atoms with Gasteiger partial charge in [-0.2, -0.15) is 0 Å². The summed E-state index contributed by atoms with van der Waals surface area (Å²) in [6.45, 7) is 9.39. The zero-order valence-corrected chi connectivity index (χ0v) is 27.6. The van der Waals surface area contributed by atoms with E-state index in [1.807, 2.05) is 0 Å². The summed E-state index contributed by atoms with van der Waals surface area (Å²) in [6, 6.07) is 0.621. The van der Waals surface area contributed by atoms with Crippen molar-refractivity contribution in [3.8, 4) is 0 Å². The average Bonchev–Trinajstić information content (AvgIpc) is 3.43. The molecular weight excluding hydrogens is 472 g/mol. The highest BCUT2D eigenvalue weighted by atomic mass is 15.1. The summed E-state index contributed by atoms with van der Waals surface area (Å²) in [5.41, 5.74) is 0. The highest BCUT2D eigenvalue weighted by molar-refractivity contribution is 4.90. The van der Waals surface area contributed by atoms with Gasteiger partial charge in [0, 0.05) is 0 Å². The molecule has 0 aliphatic carbocycles. The van der Waals surface area contributed by atoms with Crippen LogP contribution in [-0.4, -0.2) is 4.98 Å². The van der Waals surface area contributed by atoms with Crippen LogP contribution < -0.4 is 4.57 Å². The largest absolute Gasteiger partial charge is 0.257 e. The van der Waals surface area contributed by atoms with E-state index in [0.717, 1.165) is 0 Å². The number of imidazole rings is 1. The summed E-state index contributed by atoms with van der Waals surface area (Å²) in [4.78, 5) is 3.73. The highest BCUT2D eigenvalue weighted by Crippen LogP contribution is 2.27. The average molecular weight is 546 g/mol. The van der Waals surface area contributed by atoms with E-state index < -0.39 is 0 Å². The van der Waals surface area contributed by atoms with Gasteiger partial charge in [-0.15, -0.1) is 0 Å². The van der Waals surface area contributed by atoms with Crippen molar-refractivity contribution in [1.82, 2.24) is 4.98 Å². The molecule has 0 saturated carbocycles. The fourth-order valence-electron chi connectivity index (χ4n) is 6.43. The van der Waals surface area contributed by atoms with Gasteiger partial charge in [0.15, 0.2) is 0 Å². The van der Waals surface area contributed by atoms with Crippen LogP contribution in [0.1, 0.15) is 225 Å². The van der Waals surface area contributed by atoms with Crippen molar-refractivity contribution in [1.29, 1.82) is 0 Å².